The van der Waals surface area contributed by atoms with E-state index in [1.807, 2.05) is 18.2 Å². The van der Waals surface area contributed by atoms with Gasteiger partial charge in [0.2, 0.25) is 0 Å². The molecular formula is C18H19N3O4S. The summed E-state index contributed by atoms with van der Waals surface area (Å²) in [6, 6.07) is 7.38. The first-order valence-electron chi connectivity index (χ1n) is 8.46. The summed E-state index contributed by atoms with van der Waals surface area (Å²) in [4.78, 5) is 19.4. The maximum atomic E-state index is 13.1. The van der Waals surface area contributed by atoms with Crippen LogP contribution in [0.2, 0.25) is 0 Å². The van der Waals surface area contributed by atoms with Gasteiger partial charge >= 0.3 is 0 Å². The molecule has 0 aliphatic carbocycles. The van der Waals surface area contributed by atoms with Crippen molar-refractivity contribution in [2.24, 2.45) is 0 Å². The summed E-state index contributed by atoms with van der Waals surface area (Å²) in [6.07, 6.45) is 1.93. The SMILES string of the molecule is COc1cccc2sc(N(CC3CCCO3)C(=O)c3cc(C)on3)nc12. The number of ether oxygens (including phenoxy) is 2. The molecule has 1 aliphatic rings. The maximum Gasteiger partial charge on any atom is 0.282 e. The Morgan fingerprint density at radius 1 is 1.46 bits per heavy atom. The fourth-order valence-electron chi connectivity index (χ4n) is 3.04. The molecule has 1 atom stereocenters. The number of nitrogens with zero attached hydrogens (tertiary/aromatic N) is 3. The minimum atomic E-state index is -0.240. The number of benzene rings is 1. The van der Waals surface area contributed by atoms with Crippen LogP contribution in [0.4, 0.5) is 5.13 Å². The number of aromatic nitrogens is 2. The number of aryl methyl sites for hydroxylation is 1. The first-order valence-corrected chi connectivity index (χ1v) is 9.27. The quantitative estimate of drug-likeness (QED) is 0.682. The van der Waals surface area contributed by atoms with Crippen LogP contribution in [-0.4, -0.2) is 42.4 Å². The van der Waals surface area contributed by atoms with Crippen molar-refractivity contribution in [1.82, 2.24) is 10.1 Å². The number of hydrogen-bond donors (Lipinski definition) is 0. The van der Waals surface area contributed by atoms with Crippen molar-refractivity contribution < 1.29 is 18.8 Å². The number of hydrogen-bond acceptors (Lipinski definition) is 7. The van der Waals surface area contributed by atoms with Gasteiger partial charge in [0.25, 0.3) is 5.91 Å². The number of methoxy groups -OCH3 is 1. The van der Waals surface area contributed by atoms with Gasteiger partial charge in [-0.15, -0.1) is 0 Å². The van der Waals surface area contributed by atoms with Crippen LogP contribution in [0.1, 0.15) is 29.1 Å². The second kappa shape index (κ2) is 7.05. The molecule has 1 aromatic carbocycles. The van der Waals surface area contributed by atoms with E-state index in [0.29, 0.717) is 23.2 Å². The predicted octanol–water partition coefficient (Wildman–Crippen LogP) is 3.43. The van der Waals surface area contributed by atoms with Gasteiger partial charge in [-0.2, -0.15) is 0 Å². The van der Waals surface area contributed by atoms with E-state index in [1.165, 1.54) is 11.3 Å². The molecule has 26 heavy (non-hydrogen) atoms. The number of fused-ring (bicyclic) bond motifs is 1. The number of carbonyl (C=O) groups is 1. The highest BCUT2D eigenvalue weighted by molar-refractivity contribution is 7.22. The van der Waals surface area contributed by atoms with E-state index in [0.717, 1.165) is 29.7 Å². The molecule has 0 radical (unpaired) electrons. The minimum absolute atomic E-state index is 0.000792. The molecule has 0 N–H and O–H groups in total. The summed E-state index contributed by atoms with van der Waals surface area (Å²) in [5.74, 6) is 1.04. The highest BCUT2D eigenvalue weighted by Crippen LogP contribution is 2.35. The van der Waals surface area contributed by atoms with Gasteiger partial charge in [-0.05, 0) is 31.9 Å². The van der Waals surface area contributed by atoms with Crippen molar-refractivity contribution in [3.05, 3.63) is 35.7 Å². The van der Waals surface area contributed by atoms with Gasteiger partial charge in [0.15, 0.2) is 10.8 Å². The molecule has 0 saturated carbocycles. The van der Waals surface area contributed by atoms with Gasteiger partial charge in [0.05, 0.1) is 24.5 Å². The van der Waals surface area contributed by atoms with Crippen LogP contribution in [-0.2, 0) is 4.74 Å². The number of carbonyl (C=O) groups excluding carboxylic acids is 1. The molecule has 1 aliphatic heterocycles. The predicted molar refractivity (Wildman–Crippen MR) is 98.1 cm³/mol. The Hall–Kier alpha value is -2.45. The Bertz CT molecular complexity index is 930. The average molecular weight is 373 g/mol. The molecule has 1 fully saturated rings. The van der Waals surface area contributed by atoms with E-state index >= 15 is 0 Å². The monoisotopic (exact) mass is 373 g/mol. The van der Waals surface area contributed by atoms with Crippen LogP contribution in [0, 0.1) is 6.92 Å². The van der Waals surface area contributed by atoms with Crippen LogP contribution < -0.4 is 9.64 Å². The summed E-state index contributed by atoms with van der Waals surface area (Å²) < 4.78 is 17.2. The molecule has 8 heteroatoms. The van der Waals surface area contributed by atoms with Gasteiger partial charge < -0.3 is 14.0 Å². The number of amides is 1. The van der Waals surface area contributed by atoms with E-state index in [9.17, 15) is 4.79 Å². The second-order valence-corrected chi connectivity index (χ2v) is 7.19. The average Bonchev–Trinajstić information content (AvgIpc) is 3.38. The van der Waals surface area contributed by atoms with Gasteiger partial charge in [-0.3, -0.25) is 9.69 Å². The standard InChI is InChI=1S/C18H19N3O4S/c1-11-9-13(20-25-11)17(22)21(10-12-5-4-8-24-12)18-19-16-14(23-2)6-3-7-15(16)26-18/h3,6-7,9,12H,4-5,8,10H2,1-2H3. The van der Waals surface area contributed by atoms with Gasteiger partial charge in [-0.1, -0.05) is 22.6 Å². The van der Waals surface area contributed by atoms with Gasteiger partial charge in [0, 0.05) is 12.7 Å². The fraction of sp³-hybridized carbons (Fsp3) is 0.389. The lowest BCUT2D eigenvalue weighted by Gasteiger charge is -2.21. The van der Waals surface area contributed by atoms with Gasteiger partial charge in [-0.25, -0.2) is 4.98 Å². The van der Waals surface area contributed by atoms with Crippen LogP contribution in [0.25, 0.3) is 10.2 Å². The Kier molecular flexibility index (Phi) is 4.60. The molecule has 1 saturated heterocycles. The van der Waals surface area contributed by atoms with Crippen molar-refractivity contribution in [2.75, 3.05) is 25.2 Å². The van der Waals surface area contributed by atoms with Crippen LogP contribution in [0.3, 0.4) is 0 Å². The molecule has 3 heterocycles. The zero-order valence-corrected chi connectivity index (χ0v) is 15.4. The lowest BCUT2D eigenvalue weighted by Crippen LogP contribution is -2.37. The second-order valence-electron chi connectivity index (χ2n) is 6.18. The third-order valence-corrected chi connectivity index (χ3v) is 5.37. The van der Waals surface area contributed by atoms with E-state index in [2.05, 4.69) is 10.1 Å². The van der Waals surface area contributed by atoms with Crippen LogP contribution >= 0.6 is 11.3 Å². The summed E-state index contributed by atoms with van der Waals surface area (Å²) in [6.45, 7) is 2.92. The molecule has 4 rings (SSSR count). The number of thiazole rings is 1. The van der Waals surface area contributed by atoms with Crippen LogP contribution in [0.5, 0.6) is 5.75 Å². The van der Waals surface area contributed by atoms with Crippen LogP contribution in [0.15, 0.2) is 28.8 Å². The third kappa shape index (κ3) is 3.17. The molecule has 1 amide bonds. The summed E-state index contributed by atoms with van der Waals surface area (Å²) >= 11 is 1.45. The van der Waals surface area contributed by atoms with E-state index < -0.39 is 0 Å². The molecule has 7 nitrogen and oxygen atoms in total. The highest BCUT2D eigenvalue weighted by Gasteiger charge is 2.29. The van der Waals surface area contributed by atoms with E-state index in [-0.39, 0.29) is 17.7 Å². The van der Waals surface area contributed by atoms with E-state index in [4.69, 9.17) is 14.0 Å². The number of rotatable bonds is 5. The first kappa shape index (κ1) is 17.0. The molecular weight excluding hydrogens is 354 g/mol. The summed E-state index contributed by atoms with van der Waals surface area (Å²) in [5, 5.41) is 4.47. The van der Waals surface area contributed by atoms with Gasteiger partial charge in [0.1, 0.15) is 17.0 Å². The molecule has 2 aromatic heterocycles. The zero-order valence-electron chi connectivity index (χ0n) is 14.6. The minimum Gasteiger partial charge on any atom is -0.494 e. The Morgan fingerprint density at radius 3 is 3.04 bits per heavy atom. The van der Waals surface area contributed by atoms with Crippen molar-refractivity contribution >= 4 is 32.6 Å². The smallest absolute Gasteiger partial charge is 0.282 e. The summed E-state index contributed by atoms with van der Waals surface area (Å²) in [7, 11) is 1.61. The molecule has 136 valence electrons. The Balaban J connectivity index is 1.73. The topological polar surface area (TPSA) is 77.7 Å². The fourth-order valence-corrected chi connectivity index (χ4v) is 4.03. The normalized spacial score (nSPS) is 16.9. The first-order chi connectivity index (χ1) is 12.7. The number of para-hydroxylation sites is 1. The molecule has 1 unspecified atom stereocenters. The Morgan fingerprint density at radius 2 is 2.35 bits per heavy atom. The molecule has 0 bridgehead atoms. The summed E-state index contributed by atoms with van der Waals surface area (Å²) in [5.41, 5.74) is 1.02. The lowest BCUT2D eigenvalue weighted by atomic mass is 10.2. The number of anilines is 1. The molecule has 0 spiro atoms. The largest absolute Gasteiger partial charge is 0.494 e. The van der Waals surface area contributed by atoms with Crippen molar-refractivity contribution in [3.8, 4) is 5.75 Å². The van der Waals surface area contributed by atoms with E-state index in [1.54, 1.807) is 25.0 Å². The lowest BCUT2D eigenvalue weighted by molar-refractivity contribution is 0.0910. The third-order valence-electron chi connectivity index (χ3n) is 4.32. The molecule has 3 aromatic rings. The highest BCUT2D eigenvalue weighted by atomic mass is 32.1. The van der Waals surface area contributed by atoms with Crippen molar-refractivity contribution in [2.45, 2.75) is 25.9 Å². The zero-order chi connectivity index (χ0) is 18.1. The van der Waals surface area contributed by atoms with Crippen molar-refractivity contribution in [1.29, 1.82) is 0 Å². The maximum absolute atomic E-state index is 13.1. The van der Waals surface area contributed by atoms with Crippen molar-refractivity contribution in [3.63, 3.8) is 0 Å². The Labute approximate surface area is 154 Å².